The summed E-state index contributed by atoms with van der Waals surface area (Å²) < 4.78 is 5.54. The van der Waals surface area contributed by atoms with Gasteiger partial charge in [-0.05, 0) is 25.0 Å². The number of rotatable bonds is 2. The summed E-state index contributed by atoms with van der Waals surface area (Å²) in [6.07, 6.45) is 2.07. The van der Waals surface area contributed by atoms with E-state index in [9.17, 15) is 0 Å². The Labute approximate surface area is 127 Å². The van der Waals surface area contributed by atoms with Crippen molar-refractivity contribution in [3.8, 4) is 11.1 Å². The van der Waals surface area contributed by atoms with Crippen LogP contribution in [0, 0.1) is 0 Å². The highest BCUT2D eigenvalue weighted by atomic mass is 35.5. The van der Waals surface area contributed by atoms with Crippen LogP contribution in [-0.2, 0) is 4.74 Å². The highest BCUT2D eigenvalue weighted by molar-refractivity contribution is 6.39. The van der Waals surface area contributed by atoms with Crippen LogP contribution in [0.2, 0.25) is 10.0 Å². The number of aromatic amines is 1. The molecule has 0 amide bonds. The number of aromatic nitrogens is 2. The quantitative estimate of drug-likeness (QED) is 0.885. The molecule has 0 bridgehead atoms. The van der Waals surface area contributed by atoms with Gasteiger partial charge in [-0.1, -0.05) is 29.3 Å². The molecule has 4 nitrogen and oxygen atoms in total. The van der Waals surface area contributed by atoms with Gasteiger partial charge in [0.05, 0.1) is 22.3 Å². The third-order valence-corrected chi connectivity index (χ3v) is 4.23. The molecule has 1 aliphatic heterocycles. The molecule has 6 heteroatoms. The van der Waals surface area contributed by atoms with Crippen molar-refractivity contribution < 1.29 is 4.74 Å². The average molecular weight is 312 g/mol. The monoisotopic (exact) mass is 311 g/mol. The number of H-pyrrole nitrogens is 1. The van der Waals surface area contributed by atoms with E-state index in [1.54, 1.807) is 12.1 Å². The summed E-state index contributed by atoms with van der Waals surface area (Å²) in [5, 5.41) is 8.30. The van der Waals surface area contributed by atoms with Crippen molar-refractivity contribution in [2.24, 2.45) is 0 Å². The molecule has 0 saturated carbocycles. The summed E-state index contributed by atoms with van der Waals surface area (Å²) in [5.41, 5.74) is 8.51. The fraction of sp³-hybridized carbons (Fsp3) is 0.357. The van der Waals surface area contributed by atoms with Gasteiger partial charge in [0.2, 0.25) is 0 Å². The summed E-state index contributed by atoms with van der Waals surface area (Å²) in [7, 11) is 0. The number of nitrogens with two attached hydrogens (primary N) is 1. The molecule has 0 radical (unpaired) electrons. The van der Waals surface area contributed by atoms with Crippen LogP contribution in [0.4, 0.5) is 5.82 Å². The highest BCUT2D eigenvalue weighted by Crippen LogP contribution is 2.42. The second-order valence-electron chi connectivity index (χ2n) is 4.91. The molecule has 1 saturated heterocycles. The second kappa shape index (κ2) is 5.64. The highest BCUT2D eigenvalue weighted by Gasteiger charge is 2.26. The topological polar surface area (TPSA) is 63.9 Å². The molecular formula is C14H15Cl2N3O. The van der Waals surface area contributed by atoms with Gasteiger partial charge in [-0.25, -0.2) is 0 Å². The van der Waals surface area contributed by atoms with Crippen LogP contribution in [0.3, 0.4) is 0 Å². The van der Waals surface area contributed by atoms with E-state index in [4.69, 9.17) is 33.7 Å². The number of nitrogens with zero attached hydrogens (tertiary/aromatic N) is 1. The Balaban J connectivity index is 2.11. The molecule has 1 unspecified atom stereocenters. The zero-order chi connectivity index (χ0) is 14.1. The molecule has 3 N–H and O–H groups in total. The van der Waals surface area contributed by atoms with Crippen LogP contribution >= 0.6 is 23.2 Å². The SMILES string of the molecule is Nc1n[nH]c(C2CCCOC2)c1-c1c(Cl)cccc1Cl. The van der Waals surface area contributed by atoms with Crippen molar-refractivity contribution in [1.29, 1.82) is 0 Å². The maximum absolute atomic E-state index is 6.29. The van der Waals surface area contributed by atoms with Crippen LogP contribution in [0.5, 0.6) is 0 Å². The van der Waals surface area contributed by atoms with Gasteiger partial charge < -0.3 is 10.5 Å². The number of ether oxygens (including phenoxy) is 1. The standard InChI is InChI=1S/C14H15Cl2N3O/c15-9-4-1-5-10(16)11(9)12-13(18-19-14(12)17)8-3-2-6-20-7-8/h1,4-5,8H,2-3,6-7H2,(H3,17,18,19). The zero-order valence-corrected chi connectivity index (χ0v) is 12.3. The van der Waals surface area contributed by atoms with E-state index in [1.807, 2.05) is 6.07 Å². The Bertz CT molecular complexity index is 601. The maximum Gasteiger partial charge on any atom is 0.153 e. The van der Waals surface area contributed by atoms with E-state index in [-0.39, 0.29) is 5.92 Å². The maximum atomic E-state index is 6.29. The average Bonchev–Trinajstić information content (AvgIpc) is 2.82. The van der Waals surface area contributed by atoms with Crippen molar-refractivity contribution >= 4 is 29.0 Å². The second-order valence-corrected chi connectivity index (χ2v) is 5.72. The van der Waals surface area contributed by atoms with Crippen molar-refractivity contribution in [2.75, 3.05) is 18.9 Å². The summed E-state index contributed by atoms with van der Waals surface area (Å²) in [5.74, 6) is 0.663. The fourth-order valence-electron chi connectivity index (χ4n) is 2.63. The van der Waals surface area contributed by atoms with Crippen LogP contribution < -0.4 is 5.73 Å². The minimum atomic E-state index is 0.246. The summed E-state index contributed by atoms with van der Waals surface area (Å²) >= 11 is 12.6. The Morgan fingerprint density at radius 3 is 2.65 bits per heavy atom. The minimum Gasteiger partial charge on any atom is -0.382 e. The largest absolute Gasteiger partial charge is 0.382 e. The lowest BCUT2D eigenvalue weighted by Crippen LogP contribution is -2.16. The minimum absolute atomic E-state index is 0.246. The molecular weight excluding hydrogens is 297 g/mol. The summed E-state index contributed by atoms with van der Waals surface area (Å²) in [4.78, 5) is 0. The lowest BCUT2D eigenvalue weighted by atomic mass is 9.92. The number of nitrogens with one attached hydrogen (secondary N) is 1. The third kappa shape index (κ3) is 2.39. The lowest BCUT2D eigenvalue weighted by molar-refractivity contribution is 0.0794. The summed E-state index contributed by atoms with van der Waals surface area (Å²) in [6, 6.07) is 5.42. The Hall–Kier alpha value is -1.23. The smallest absolute Gasteiger partial charge is 0.153 e. The normalized spacial score (nSPS) is 19.2. The molecule has 1 aromatic carbocycles. The van der Waals surface area contributed by atoms with E-state index in [0.717, 1.165) is 36.3 Å². The van der Waals surface area contributed by atoms with Crippen LogP contribution in [0.1, 0.15) is 24.5 Å². The number of halogens is 2. The van der Waals surface area contributed by atoms with E-state index >= 15 is 0 Å². The molecule has 3 rings (SSSR count). The van der Waals surface area contributed by atoms with Gasteiger partial charge in [-0.15, -0.1) is 0 Å². The molecule has 2 heterocycles. The first kappa shape index (κ1) is 13.7. The Kier molecular flexibility index (Phi) is 3.87. The predicted octanol–water partition coefficient (Wildman–Crippen LogP) is 3.86. The van der Waals surface area contributed by atoms with Crippen molar-refractivity contribution in [3.63, 3.8) is 0 Å². The van der Waals surface area contributed by atoms with Crippen molar-refractivity contribution in [1.82, 2.24) is 10.2 Å². The van der Waals surface area contributed by atoms with E-state index in [0.29, 0.717) is 22.5 Å². The zero-order valence-electron chi connectivity index (χ0n) is 10.8. The molecule has 2 aromatic rings. The lowest BCUT2D eigenvalue weighted by Gasteiger charge is -2.22. The molecule has 1 aliphatic rings. The fourth-order valence-corrected chi connectivity index (χ4v) is 3.22. The van der Waals surface area contributed by atoms with Crippen molar-refractivity contribution in [3.05, 3.63) is 33.9 Å². The number of benzene rings is 1. The molecule has 106 valence electrons. The number of nitrogen functional groups attached to an aromatic ring is 1. The molecule has 1 atom stereocenters. The van der Waals surface area contributed by atoms with Gasteiger partial charge in [-0.2, -0.15) is 5.10 Å². The van der Waals surface area contributed by atoms with Crippen molar-refractivity contribution in [2.45, 2.75) is 18.8 Å². The Morgan fingerprint density at radius 1 is 1.25 bits per heavy atom. The Morgan fingerprint density at radius 2 is 2.00 bits per heavy atom. The van der Waals surface area contributed by atoms with Gasteiger partial charge in [0, 0.05) is 23.7 Å². The molecule has 1 fully saturated rings. The molecule has 20 heavy (non-hydrogen) atoms. The van der Waals surface area contributed by atoms with Gasteiger partial charge in [-0.3, -0.25) is 5.10 Å². The number of hydrogen-bond donors (Lipinski definition) is 2. The van der Waals surface area contributed by atoms with E-state index in [1.165, 1.54) is 0 Å². The van der Waals surface area contributed by atoms with Crippen LogP contribution in [-0.4, -0.2) is 23.4 Å². The van der Waals surface area contributed by atoms with E-state index < -0.39 is 0 Å². The van der Waals surface area contributed by atoms with Crippen LogP contribution in [0.25, 0.3) is 11.1 Å². The van der Waals surface area contributed by atoms with Gasteiger partial charge in [0.25, 0.3) is 0 Å². The first-order chi connectivity index (χ1) is 9.68. The summed E-state index contributed by atoms with van der Waals surface area (Å²) in [6.45, 7) is 1.47. The third-order valence-electron chi connectivity index (χ3n) is 3.60. The van der Waals surface area contributed by atoms with Gasteiger partial charge >= 0.3 is 0 Å². The van der Waals surface area contributed by atoms with Gasteiger partial charge in [0.1, 0.15) is 0 Å². The number of anilines is 1. The first-order valence-electron chi connectivity index (χ1n) is 6.54. The molecule has 0 spiro atoms. The first-order valence-corrected chi connectivity index (χ1v) is 7.30. The van der Waals surface area contributed by atoms with Gasteiger partial charge in [0.15, 0.2) is 5.82 Å². The molecule has 0 aliphatic carbocycles. The predicted molar refractivity (Wildman–Crippen MR) is 81.3 cm³/mol. The van der Waals surface area contributed by atoms with E-state index in [2.05, 4.69) is 10.2 Å². The van der Waals surface area contributed by atoms with Crippen LogP contribution in [0.15, 0.2) is 18.2 Å². The molecule has 1 aromatic heterocycles. The number of hydrogen-bond acceptors (Lipinski definition) is 3.